The first kappa shape index (κ1) is 13.3. The average Bonchev–Trinajstić information content (AvgIpc) is 3.24. The minimum Gasteiger partial charge on any atom is -0.312 e. The average molecular weight is 268 g/mol. The number of nitrogens with zero attached hydrogens (tertiary/aromatic N) is 1. The Morgan fingerprint density at radius 3 is 2.50 bits per heavy atom. The summed E-state index contributed by atoms with van der Waals surface area (Å²) in [7, 11) is 0. The fourth-order valence-electron chi connectivity index (χ4n) is 3.77. The van der Waals surface area contributed by atoms with E-state index < -0.39 is 0 Å². The molecule has 3 aliphatic rings. The molecule has 18 heavy (non-hydrogen) atoms. The Kier molecular flexibility index (Phi) is 4.53. The molecule has 2 nitrogen and oxygen atoms in total. The summed E-state index contributed by atoms with van der Waals surface area (Å²) in [5.74, 6) is 1.01. The predicted molar refractivity (Wildman–Crippen MR) is 80.3 cm³/mol. The summed E-state index contributed by atoms with van der Waals surface area (Å²) >= 11 is 2.08. The van der Waals surface area contributed by atoms with Crippen LogP contribution in [0, 0.1) is 5.92 Å². The number of hydrogen-bond acceptors (Lipinski definition) is 3. The van der Waals surface area contributed by atoms with Crippen molar-refractivity contribution in [2.24, 2.45) is 5.92 Å². The molecular formula is C15H28N2S. The fourth-order valence-corrected chi connectivity index (χ4v) is 4.51. The quantitative estimate of drug-likeness (QED) is 0.847. The Morgan fingerprint density at radius 1 is 1.06 bits per heavy atom. The SMILES string of the molecule is CSC1CCC(N2CCCNC(C3CC3)C2)CC1. The van der Waals surface area contributed by atoms with Crippen molar-refractivity contribution in [3.63, 3.8) is 0 Å². The van der Waals surface area contributed by atoms with Gasteiger partial charge in [0.05, 0.1) is 0 Å². The highest BCUT2D eigenvalue weighted by Gasteiger charge is 2.35. The zero-order valence-corrected chi connectivity index (χ0v) is 12.6. The predicted octanol–water partition coefficient (Wildman–Crippen LogP) is 2.73. The minimum absolute atomic E-state index is 0.811. The van der Waals surface area contributed by atoms with Crippen LogP contribution < -0.4 is 5.32 Å². The van der Waals surface area contributed by atoms with Gasteiger partial charge in [-0.1, -0.05) is 0 Å². The monoisotopic (exact) mass is 268 g/mol. The lowest BCUT2D eigenvalue weighted by Crippen LogP contribution is -2.45. The molecule has 1 atom stereocenters. The van der Waals surface area contributed by atoms with Gasteiger partial charge in [-0.05, 0) is 70.2 Å². The first-order valence-electron chi connectivity index (χ1n) is 7.87. The van der Waals surface area contributed by atoms with E-state index in [0.29, 0.717) is 0 Å². The Hall–Kier alpha value is 0.270. The van der Waals surface area contributed by atoms with Gasteiger partial charge >= 0.3 is 0 Å². The third-order valence-corrected chi connectivity index (χ3v) is 6.28. The molecule has 3 rings (SSSR count). The van der Waals surface area contributed by atoms with Gasteiger partial charge in [-0.3, -0.25) is 4.90 Å². The third kappa shape index (κ3) is 3.23. The molecule has 2 aliphatic carbocycles. The van der Waals surface area contributed by atoms with Gasteiger partial charge in [0.25, 0.3) is 0 Å². The Labute approximate surface area is 116 Å². The molecule has 0 aromatic rings. The van der Waals surface area contributed by atoms with E-state index in [1.54, 1.807) is 0 Å². The van der Waals surface area contributed by atoms with Crippen LogP contribution in [0.1, 0.15) is 44.9 Å². The van der Waals surface area contributed by atoms with Crippen molar-refractivity contribution in [3.8, 4) is 0 Å². The standard InChI is InChI=1S/C15H28N2S/c1-18-14-7-5-13(6-8-14)17-10-2-9-16-15(11-17)12-3-4-12/h12-16H,2-11H2,1H3. The van der Waals surface area contributed by atoms with Crippen molar-refractivity contribution in [2.45, 2.75) is 62.3 Å². The Morgan fingerprint density at radius 2 is 1.83 bits per heavy atom. The molecule has 1 unspecified atom stereocenters. The van der Waals surface area contributed by atoms with Crippen molar-refractivity contribution >= 4 is 11.8 Å². The Balaban J connectivity index is 1.53. The number of nitrogens with one attached hydrogen (secondary N) is 1. The molecule has 0 amide bonds. The topological polar surface area (TPSA) is 15.3 Å². The molecule has 0 aromatic carbocycles. The first-order valence-corrected chi connectivity index (χ1v) is 9.16. The van der Waals surface area contributed by atoms with E-state index in [0.717, 1.165) is 23.3 Å². The molecule has 0 radical (unpaired) electrons. The second-order valence-electron chi connectivity index (χ2n) is 6.41. The molecule has 0 spiro atoms. The van der Waals surface area contributed by atoms with E-state index in [4.69, 9.17) is 0 Å². The summed E-state index contributed by atoms with van der Waals surface area (Å²) in [5.41, 5.74) is 0. The normalized spacial score (nSPS) is 39.5. The molecule has 1 heterocycles. The van der Waals surface area contributed by atoms with Gasteiger partial charge in [0.2, 0.25) is 0 Å². The maximum Gasteiger partial charge on any atom is 0.0223 e. The summed E-state index contributed by atoms with van der Waals surface area (Å²) in [6.45, 7) is 3.92. The molecule has 104 valence electrons. The molecular weight excluding hydrogens is 240 g/mol. The van der Waals surface area contributed by atoms with E-state index in [9.17, 15) is 0 Å². The van der Waals surface area contributed by atoms with Gasteiger partial charge in [0.1, 0.15) is 0 Å². The number of rotatable bonds is 3. The summed E-state index contributed by atoms with van der Waals surface area (Å²) in [4.78, 5) is 2.83. The van der Waals surface area contributed by atoms with Gasteiger partial charge in [-0.15, -0.1) is 0 Å². The van der Waals surface area contributed by atoms with E-state index in [1.807, 2.05) is 0 Å². The van der Waals surface area contributed by atoms with Crippen LogP contribution in [0.2, 0.25) is 0 Å². The van der Waals surface area contributed by atoms with Gasteiger partial charge in [0, 0.05) is 23.9 Å². The van der Waals surface area contributed by atoms with Crippen LogP contribution in [0.15, 0.2) is 0 Å². The van der Waals surface area contributed by atoms with Crippen LogP contribution in [0.3, 0.4) is 0 Å². The number of hydrogen-bond donors (Lipinski definition) is 1. The number of thioether (sulfide) groups is 1. The second-order valence-corrected chi connectivity index (χ2v) is 7.55. The van der Waals surface area contributed by atoms with Crippen LogP contribution in [-0.2, 0) is 0 Å². The lowest BCUT2D eigenvalue weighted by molar-refractivity contribution is 0.151. The molecule has 0 bridgehead atoms. The molecule has 3 heteroatoms. The van der Waals surface area contributed by atoms with Crippen molar-refractivity contribution < 1.29 is 0 Å². The largest absolute Gasteiger partial charge is 0.312 e. The molecule has 1 aliphatic heterocycles. The van der Waals surface area contributed by atoms with Crippen LogP contribution in [-0.4, -0.2) is 48.1 Å². The minimum atomic E-state index is 0.811. The van der Waals surface area contributed by atoms with E-state index in [-0.39, 0.29) is 0 Å². The molecule has 1 N–H and O–H groups in total. The molecule has 3 fully saturated rings. The highest BCUT2D eigenvalue weighted by atomic mass is 32.2. The van der Waals surface area contributed by atoms with Gasteiger partial charge < -0.3 is 5.32 Å². The maximum atomic E-state index is 3.79. The zero-order valence-electron chi connectivity index (χ0n) is 11.7. The maximum absolute atomic E-state index is 3.79. The zero-order chi connectivity index (χ0) is 12.4. The smallest absolute Gasteiger partial charge is 0.0223 e. The van der Waals surface area contributed by atoms with Crippen molar-refractivity contribution in [3.05, 3.63) is 0 Å². The lowest BCUT2D eigenvalue weighted by atomic mass is 9.93. The van der Waals surface area contributed by atoms with Crippen LogP contribution in [0.5, 0.6) is 0 Å². The van der Waals surface area contributed by atoms with E-state index >= 15 is 0 Å². The van der Waals surface area contributed by atoms with Crippen LogP contribution >= 0.6 is 11.8 Å². The van der Waals surface area contributed by atoms with E-state index in [1.165, 1.54) is 64.6 Å². The van der Waals surface area contributed by atoms with Crippen molar-refractivity contribution in [1.29, 1.82) is 0 Å². The first-order chi connectivity index (χ1) is 8.86. The Bertz CT molecular complexity index is 259. The second kappa shape index (κ2) is 6.15. The van der Waals surface area contributed by atoms with Crippen LogP contribution in [0.25, 0.3) is 0 Å². The van der Waals surface area contributed by atoms with Crippen molar-refractivity contribution in [2.75, 3.05) is 25.9 Å². The summed E-state index contributed by atoms with van der Waals surface area (Å²) < 4.78 is 0. The highest BCUT2D eigenvalue weighted by molar-refractivity contribution is 7.99. The fraction of sp³-hybridized carbons (Fsp3) is 1.00. The lowest BCUT2D eigenvalue weighted by Gasteiger charge is -2.37. The van der Waals surface area contributed by atoms with Gasteiger partial charge in [-0.25, -0.2) is 0 Å². The van der Waals surface area contributed by atoms with E-state index in [2.05, 4.69) is 28.2 Å². The summed E-state index contributed by atoms with van der Waals surface area (Å²) in [5, 5.41) is 4.74. The van der Waals surface area contributed by atoms with Crippen LogP contribution in [0.4, 0.5) is 0 Å². The van der Waals surface area contributed by atoms with Crippen molar-refractivity contribution in [1.82, 2.24) is 10.2 Å². The van der Waals surface area contributed by atoms with Gasteiger partial charge in [0.15, 0.2) is 0 Å². The summed E-state index contributed by atoms with van der Waals surface area (Å²) in [6, 6.07) is 1.71. The molecule has 0 aromatic heterocycles. The summed E-state index contributed by atoms with van der Waals surface area (Å²) in [6.07, 6.45) is 12.4. The molecule has 2 saturated carbocycles. The van der Waals surface area contributed by atoms with Gasteiger partial charge in [-0.2, -0.15) is 11.8 Å². The third-order valence-electron chi connectivity index (χ3n) is 5.14. The molecule has 1 saturated heterocycles. The highest BCUT2D eigenvalue weighted by Crippen LogP contribution is 2.35.